The molecule has 1 spiro atoms. The van der Waals surface area contributed by atoms with E-state index >= 15 is 0 Å². The number of esters is 1. The van der Waals surface area contributed by atoms with Gasteiger partial charge < -0.3 is 9.84 Å². The van der Waals surface area contributed by atoms with E-state index in [-0.39, 0.29) is 28.8 Å². The highest BCUT2D eigenvalue weighted by Crippen LogP contribution is 2.72. The number of carboxylic acid groups (broad SMARTS) is 1. The molecule has 0 radical (unpaired) electrons. The SMILES string of the molecule is C=C1CC23CC1CCC2C1(C)CCCC(C)(C(=O)O)C1CC3OC(C)=O. The second-order valence-electron chi connectivity index (χ2n) is 10.1. The molecule has 144 valence electrons. The lowest BCUT2D eigenvalue weighted by atomic mass is 9.40. The number of aliphatic carboxylic acids is 1. The zero-order chi connectivity index (χ0) is 18.9. The number of hydrogen-bond acceptors (Lipinski definition) is 3. The minimum atomic E-state index is -0.723. The first kappa shape index (κ1) is 18.1. The Morgan fingerprint density at radius 3 is 2.58 bits per heavy atom. The van der Waals surface area contributed by atoms with E-state index in [0.717, 1.165) is 44.9 Å². The molecule has 7 unspecified atom stereocenters. The molecule has 4 rings (SSSR count). The van der Waals surface area contributed by atoms with E-state index in [1.807, 2.05) is 6.92 Å². The van der Waals surface area contributed by atoms with Crippen molar-refractivity contribution >= 4 is 11.9 Å². The number of rotatable bonds is 2. The first-order valence-corrected chi connectivity index (χ1v) is 10.2. The first-order valence-electron chi connectivity index (χ1n) is 10.2. The summed E-state index contributed by atoms with van der Waals surface area (Å²) in [6.07, 6.45) is 7.62. The molecule has 0 heterocycles. The third-order valence-electron chi connectivity index (χ3n) is 8.92. The number of carbonyl (C=O) groups excluding carboxylic acids is 1. The summed E-state index contributed by atoms with van der Waals surface area (Å²) in [6, 6.07) is 0. The molecular weight excluding hydrogens is 328 g/mol. The van der Waals surface area contributed by atoms with Gasteiger partial charge >= 0.3 is 11.9 Å². The number of carboxylic acids is 1. The molecule has 1 N–H and O–H groups in total. The van der Waals surface area contributed by atoms with Crippen LogP contribution in [-0.4, -0.2) is 23.1 Å². The van der Waals surface area contributed by atoms with Crippen molar-refractivity contribution in [3.8, 4) is 0 Å². The van der Waals surface area contributed by atoms with Gasteiger partial charge in [-0.2, -0.15) is 0 Å². The lowest BCUT2D eigenvalue weighted by molar-refractivity contribution is -0.218. The van der Waals surface area contributed by atoms with Crippen molar-refractivity contribution in [1.82, 2.24) is 0 Å². The molecule has 4 heteroatoms. The maximum Gasteiger partial charge on any atom is 0.309 e. The largest absolute Gasteiger partial charge is 0.481 e. The molecule has 4 nitrogen and oxygen atoms in total. The Morgan fingerprint density at radius 1 is 1.19 bits per heavy atom. The number of fused-ring (bicyclic) bond motifs is 3. The minimum absolute atomic E-state index is 0.0115. The predicted octanol–water partition coefficient (Wildman–Crippen LogP) is 4.58. The summed E-state index contributed by atoms with van der Waals surface area (Å²) in [6.45, 7) is 10.1. The molecule has 4 saturated carbocycles. The van der Waals surface area contributed by atoms with Crippen molar-refractivity contribution in [3.63, 3.8) is 0 Å². The molecule has 4 aliphatic carbocycles. The Bertz CT molecular complexity index is 669. The molecule has 0 aromatic heterocycles. The van der Waals surface area contributed by atoms with E-state index in [1.165, 1.54) is 12.5 Å². The van der Waals surface area contributed by atoms with Crippen LogP contribution in [0.5, 0.6) is 0 Å². The Balaban J connectivity index is 1.82. The summed E-state index contributed by atoms with van der Waals surface area (Å²) in [5.41, 5.74) is 0.591. The van der Waals surface area contributed by atoms with E-state index < -0.39 is 11.4 Å². The number of ether oxygens (including phenoxy) is 1. The van der Waals surface area contributed by atoms with Crippen molar-refractivity contribution in [3.05, 3.63) is 12.2 Å². The zero-order valence-electron chi connectivity index (χ0n) is 16.3. The zero-order valence-corrected chi connectivity index (χ0v) is 16.3. The van der Waals surface area contributed by atoms with Crippen LogP contribution in [0.1, 0.15) is 72.1 Å². The van der Waals surface area contributed by atoms with Gasteiger partial charge in [-0.3, -0.25) is 9.59 Å². The van der Waals surface area contributed by atoms with Gasteiger partial charge in [0.1, 0.15) is 6.10 Å². The first-order chi connectivity index (χ1) is 12.1. The molecule has 0 aliphatic heterocycles. The maximum absolute atomic E-state index is 12.2. The molecule has 0 aromatic rings. The van der Waals surface area contributed by atoms with Crippen LogP contribution in [-0.2, 0) is 14.3 Å². The van der Waals surface area contributed by atoms with E-state index in [4.69, 9.17) is 4.74 Å². The van der Waals surface area contributed by atoms with Crippen LogP contribution in [0.15, 0.2) is 12.2 Å². The van der Waals surface area contributed by atoms with Crippen molar-refractivity contribution in [2.75, 3.05) is 0 Å². The highest BCUT2D eigenvalue weighted by atomic mass is 16.5. The standard InChI is InChI=1S/C22H32O4/c1-13-11-22-12-15(13)6-7-16(22)20(3)8-5-9-21(4,19(24)25)17(20)10-18(22)26-14(2)23/h15-18H,1,5-12H2,2-4H3,(H,24,25). The van der Waals surface area contributed by atoms with Crippen LogP contribution in [0, 0.1) is 34.0 Å². The molecule has 0 amide bonds. The van der Waals surface area contributed by atoms with Crippen LogP contribution < -0.4 is 0 Å². The van der Waals surface area contributed by atoms with Gasteiger partial charge in [-0.25, -0.2) is 0 Å². The number of allylic oxidation sites excluding steroid dienone is 1. The fraction of sp³-hybridized carbons (Fsp3) is 0.818. The Labute approximate surface area is 156 Å². The van der Waals surface area contributed by atoms with E-state index in [0.29, 0.717) is 18.3 Å². The van der Waals surface area contributed by atoms with Crippen molar-refractivity contribution in [2.24, 2.45) is 34.0 Å². The summed E-state index contributed by atoms with van der Waals surface area (Å²) in [7, 11) is 0. The molecule has 26 heavy (non-hydrogen) atoms. The molecule has 4 fully saturated rings. The predicted molar refractivity (Wildman–Crippen MR) is 98.4 cm³/mol. The van der Waals surface area contributed by atoms with Gasteiger partial charge in [0.05, 0.1) is 5.41 Å². The molecule has 2 bridgehead atoms. The summed E-state index contributed by atoms with van der Waals surface area (Å²) in [4.78, 5) is 24.2. The van der Waals surface area contributed by atoms with E-state index in [9.17, 15) is 14.7 Å². The summed E-state index contributed by atoms with van der Waals surface area (Å²) in [5.74, 6) is 0.118. The van der Waals surface area contributed by atoms with Crippen LogP contribution in [0.2, 0.25) is 0 Å². The second kappa shape index (κ2) is 5.59. The Hall–Kier alpha value is -1.32. The van der Waals surface area contributed by atoms with Crippen molar-refractivity contribution in [1.29, 1.82) is 0 Å². The normalized spacial score (nSPS) is 49.9. The average molecular weight is 360 g/mol. The van der Waals surface area contributed by atoms with Crippen molar-refractivity contribution < 1.29 is 19.4 Å². The molecule has 0 aromatic carbocycles. The number of hydrogen-bond donors (Lipinski definition) is 1. The summed E-state index contributed by atoms with van der Waals surface area (Å²) < 4.78 is 5.92. The molecule has 0 saturated heterocycles. The summed E-state index contributed by atoms with van der Waals surface area (Å²) in [5, 5.41) is 10.1. The maximum atomic E-state index is 12.2. The van der Waals surface area contributed by atoms with E-state index in [1.54, 1.807) is 0 Å². The van der Waals surface area contributed by atoms with Gasteiger partial charge in [-0.15, -0.1) is 0 Å². The molecular formula is C22H32O4. The lowest BCUT2D eigenvalue weighted by Crippen LogP contribution is -2.63. The molecule has 7 atom stereocenters. The van der Waals surface area contributed by atoms with Gasteiger partial charge in [-0.1, -0.05) is 25.5 Å². The topological polar surface area (TPSA) is 63.6 Å². The number of carbonyl (C=O) groups is 2. The average Bonchev–Trinajstić information content (AvgIpc) is 2.79. The lowest BCUT2D eigenvalue weighted by Gasteiger charge is -2.65. The van der Waals surface area contributed by atoms with Crippen LogP contribution in [0.3, 0.4) is 0 Å². The highest BCUT2D eigenvalue weighted by Gasteiger charge is 2.69. The van der Waals surface area contributed by atoms with E-state index in [2.05, 4.69) is 13.5 Å². The quantitative estimate of drug-likeness (QED) is 0.578. The third-order valence-corrected chi connectivity index (χ3v) is 8.92. The van der Waals surface area contributed by atoms with Gasteiger partial charge in [0, 0.05) is 12.3 Å². The van der Waals surface area contributed by atoms with Crippen LogP contribution in [0.25, 0.3) is 0 Å². The smallest absolute Gasteiger partial charge is 0.309 e. The van der Waals surface area contributed by atoms with Gasteiger partial charge in [0.15, 0.2) is 0 Å². The third kappa shape index (κ3) is 2.20. The Kier molecular flexibility index (Phi) is 3.88. The van der Waals surface area contributed by atoms with Crippen LogP contribution >= 0.6 is 0 Å². The van der Waals surface area contributed by atoms with Gasteiger partial charge in [-0.05, 0) is 75.0 Å². The fourth-order valence-electron chi connectivity index (χ4n) is 7.86. The molecule has 4 aliphatic rings. The van der Waals surface area contributed by atoms with Gasteiger partial charge in [0.2, 0.25) is 0 Å². The van der Waals surface area contributed by atoms with Crippen LogP contribution in [0.4, 0.5) is 0 Å². The van der Waals surface area contributed by atoms with Gasteiger partial charge in [0.25, 0.3) is 0 Å². The van der Waals surface area contributed by atoms with Crippen molar-refractivity contribution in [2.45, 2.75) is 78.2 Å². The Morgan fingerprint density at radius 2 is 1.92 bits per heavy atom. The fourth-order valence-corrected chi connectivity index (χ4v) is 7.86. The second-order valence-corrected chi connectivity index (χ2v) is 10.1. The minimum Gasteiger partial charge on any atom is -0.481 e. The monoisotopic (exact) mass is 360 g/mol. The summed E-state index contributed by atoms with van der Waals surface area (Å²) >= 11 is 0. The highest BCUT2D eigenvalue weighted by molar-refractivity contribution is 5.75.